The molecule has 21 nitrogen and oxygen atoms in total. The summed E-state index contributed by atoms with van der Waals surface area (Å²) in [6.45, 7) is 1.73. The Bertz CT molecular complexity index is 4040. The average molecular weight is 1200 g/mol. The summed E-state index contributed by atoms with van der Waals surface area (Å²) in [5, 5.41) is 43.2. The van der Waals surface area contributed by atoms with Gasteiger partial charge in [-0.1, -0.05) is 97.1 Å². The van der Waals surface area contributed by atoms with Crippen molar-refractivity contribution >= 4 is 106 Å². The molecule has 4 aliphatic rings. The van der Waals surface area contributed by atoms with E-state index in [-0.39, 0.29) is 114 Å². The van der Waals surface area contributed by atoms with E-state index in [0.29, 0.717) is 39.8 Å². The van der Waals surface area contributed by atoms with Crippen LogP contribution in [0, 0.1) is 10.1 Å². The van der Waals surface area contributed by atoms with Gasteiger partial charge in [0.2, 0.25) is 28.9 Å². The number of carbonyl (C=O) groups excluding carboxylic acids is 8. The molecule has 0 bridgehead atoms. The standard InChI is InChI=1S/C16H12O5S.C16H12O4S.C15H10O5S.C14H7NO6/c1-22(2,20)8-12(17)13-7-11-14(18)9-5-3-4-6-10(9)15(19)16(11)21-13;1-9(8-21(2)19)13-7-12-14(17)10-5-3-4-6-11(10)15(18)16(12)20-13;1-21(19)7-11(16)12-6-10-13(17)8-4-2-3-5-9(8)14(18)15(10)20-12;16-10(6-15(19)20)11-5-9-12(17)7-3-1-2-4-8(7)13(18)14(9)21-11/h3-8,17H,1H2,2H3;3-8H,1-2H3;2-7,16H,1H3;1-6,16H/b12-8-;9-8+;11-7-;10-6-. The Balaban J connectivity index is 0.000000136. The summed E-state index contributed by atoms with van der Waals surface area (Å²) in [5.41, 5.74) is 3.42. The molecule has 0 radical (unpaired) electrons. The number of carbonyl (C=O) groups is 8. The van der Waals surface area contributed by atoms with Crippen molar-refractivity contribution in [1.29, 1.82) is 0 Å². The molecule has 4 aromatic heterocycles. The Hall–Kier alpha value is -10.6. The lowest BCUT2D eigenvalue weighted by molar-refractivity contribution is -0.402. The van der Waals surface area contributed by atoms with E-state index in [9.17, 15) is 76.4 Å². The molecule has 12 rings (SSSR count). The van der Waals surface area contributed by atoms with Crippen molar-refractivity contribution in [2.45, 2.75) is 6.92 Å². The molecule has 0 spiro atoms. The second-order valence-corrected chi connectivity index (χ2v) is 23.7. The van der Waals surface area contributed by atoms with Crippen molar-refractivity contribution < 1.29 is 88.9 Å². The lowest BCUT2D eigenvalue weighted by atomic mass is 9.88. The van der Waals surface area contributed by atoms with E-state index in [1.807, 2.05) is 0 Å². The van der Waals surface area contributed by atoms with Gasteiger partial charge in [0, 0.05) is 107 Å². The Morgan fingerprint density at radius 1 is 0.459 bits per heavy atom. The summed E-state index contributed by atoms with van der Waals surface area (Å²) in [5.74, 6) is -1.53. The number of ketones is 8. The number of aliphatic hydroxyl groups is 3. The first-order valence-electron chi connectivity index (χ1n) is 24.6. The first-order valence-corrected chi connectivity index (χ1v) is 30.0. The SMILES string of the molecule is C/C(=C\S(C)=O)c1cc2c(o1)C(=O)c1ccccc1C2=O.C=S(C)(=O)/C=C(\O)c1cc2c(o1)C(=O)c1ccccc1C2=O.CS(=O)/C=C(\O)c1cc2c(o1)C(=O)c1ccccc1C2=O.O=C1c2ccccc2C(=O)c2oc(/C(O)=C/[N+](=O)[O-])cc21. The van der Waals surface area contributed by atoms with Gasteiger partial charge in [-0.05, 0) is 46.6 Å². The fourth-order valence-electron chi connectivity index (χ4n) is 9.05. The molecule has 3 unspecified atom stereocenters. The number of fused-ring (bicyclic) bond motifs is 8. The number of rotatable bonds is 8. The van der Waals surface area contributed by atoms with Gasteiger partial charge in [0.05, 0.1) is 27.2 Å². The number of benzene rings is 4. The molecule has 428 valence electrons. The third-order valence-electron chi connectivity index (χ3n) is 12.8. The van der Waals surface area contributed by atoms with E-state index >= 15 is 0 Å². The molecule has 8 aromatic rings. The smallest absolute Gasteiger partial charge is 0.279 e. The highest BCUT2D eigenvalue weighted by molar-refractivity contribution is 8.02. The van der Waals surface area contributed by atoms with Crippen LogP contribution >= 0.6 is 0 Å². The minimum atomic E-state index is -2.60. The van der Waals surface area contributed by atoms with E-state index in [0.717, 1.165) is 16.9 Å². The number of furan rings is 4. The van der Waals surface area contributed by atoms with Crippen molar-refractivity contribution in [2.75, 3.05) is 18.8 Å². The molecule has 0 saturated heterocycles. The molecule has 0 amide bonds. The van der Waals surface area contributed by atoms with Crippen LogP contribution < -0.4 is 0 Å². The summed E-state index contributed by atoms with van der Waals surface area (Å²) in [6.07, 6.45) is 4.59. The number of hydrogen-bond donors (Lipinski definition) is 3. The molecule has 4 aliphatic carbocycles. The fraction of sp³-hybridized carbons (Fsp3) is 0.0656. The van der Waals surface area contributed by atoms with Crippen molar-refractivity contribution in [3.63, 3.8) is 0 Å². The van der Waals surface area contributed by atoms with Crippen molar-refractivity contribution in [2.24, 2.45) is 0 Å². The topological polar surface area (TPSA) is 344 Å². The molecule has 3 N–H and O–H groups in total. The molecular weight excluding hydrogens is 1160 g/mol. The van der Waals surface area contributed by atoms with Crippen molar-refractivity contribution in [3.05, 3.63) is 267 Å². The van der Waals surface area contributed by atoms with Gasteiger partial charge in [0.15, 0.2) is 75.0 Å². The lowest BCUT2D eigenvalue weighted by Gasteiger charge is -2.11. The number of nitrogens with zero attached hydrogens (tertiary/aromatic N) is 1. The first-order chi connectivity index (χ1) is 40.2. The van der Waals surface area contributed by atoms with Gasteiger partial charge in [0.1, 0.15) is 5.76 Å². The Morgan fingerprint density at radius 3 is 1.00 bits per heavy atom. The molecule has 0 aliphatic heterocycles. The zero-order chi connectivity index (χ0) is 61.5. The lowest BCUT2D eigenvalue weighted by Crippen LogP contribution is -2.18. The van der Waals surface area contributed by atoms with Gasteiger partial charge >= 0.3 is 0 Å². The monoisotopic (exact) mass is 1200 g/mol. The number of nitro groups is 1. The summed E-state index contributed by atoms with van der Waals surface area (Å²) in [7, 11) is -5.11. The van der Waals surface area contributed by atoms with Crippen LogP contribution in [0.1, 0.15) is 158 Å². The van der Waals surface area contributed by atoms with Crippen LogP contribution in [-0.4, -0.2) is 104 Å². The van der Waals surface area contributed by atoms with Crippen LogP contribution in [-0.2, 0) is 31.1 Å². The van der Waals surface area contributed by atoms with Crippen molar-refractivity contribution in [1.82, 2.24) is 0 Å². The molecule has 4 heterocycles. The van der Waals surface area contributed by atoms with E-state index < -0.39 is 70.7 Å². The maximum absolute atomic E-state index is 12.4. The summed E-state index contributed by atoms with van der Waals surface area (Å²) in [6, 6.07) is 31.1. The summed E-state index contributed by atoms with van der Waals surface area (Å²) < 4.78 is 55.2. The van der Waals surface area contributed by atoms with Gasteiger partial charge in [-0.15, -0.1) is 0 Å². The first kappa shape index (κ1) is 59.1. The maximum atomic E-state index is 12.4. The molecule has 4 aromatic carbocycles. The zero-order valence-electron chi connectivity index (χ0n) is 44.5. The van der Waals surface area contributed by atoms with Gasteiger partial charge in [-0.3, -0.25) is 61.1 Å². The fourth-order valence-corrected chi connectivity index (χ4v) is 10.7. The van der Waals surface area contributed by atoms with Crippen LogP contribution in [0.2, 0.25) is 0 Å². The molecular formula is C61H41NO20S3. The highest BCUT2D eigenvalue weighted by Crippen LogP contribution is 2.36. The normalized spacial score (nSPS) is 15.5. The highest BCUT2D eigenvalue weighted by Gasteiger charge is 2.38. The molecule has 85 heavy (non-hydrogen) atoms. The van der Waals surface area contributed by atoms with Crippen molar-refractivity contribution in [3.8, 4) is 0 Å². The predicted molar refractivity (Wildman–Crippen MR) is 310 cm³/mol. The quantitative estimate of drug-likeness (QED) is 0.0551. The van der Waals surface area contributed by atoms with Crippen LogP contribution in [0.15, 0.2) is 161 Å². The van der Waals surface area contributed by atoms with Crippen LogP contribution in [0.25, 0.3) is 22.9 Å². The second-order valence-electron chi connectivity index (χ2n) is 18.9. The van der Waals surface area contributed by atoms with E-state index in [2.05, 4.69) is 5.87 Å². The number of hydrogen-bond acceptors (Lipinski definition) is 20. The maximum Gasteiger partial charge on any atom is 0.279 e. The van der Waals surface area contributed by atoms with Gasteiger partial charge in [-0.25, -0.2) is 0 Å². The van der Waals surface area contributed by atoms with Gasteiger partial charge < -0.3 is 33.0 Å². The van der Waals surface area contributed by atoms with Gasteiger partial charge in [-0.2, -0.15) is 0 Å². The molecule has 0 fully saturated rings. The Labute approximate surface area is 485 Å². The average Bonchev–Trinajstić information content (AvgIpc) is 2.22. The molecule has 0 saturated carbocycles. The van der Waals surface area contributed by atoms with E-state index in [4.69, 9.17) is 17.7 Å². The second kappa shape index (κ2) is 23.4. The Kier molecular flexibility index (Phi) is 16.2. The number of allylic oxidation sites excluding steroid dienone is 1. The molecule has 24 heteroatoms. The molecule has 3 atom stereocenters. The van der Waals surface area contributed by atoms with Gasteiger partial charge in [0.25, 0.3) is 6.20 Å². The summed E-state index contributed by atoms with van der Waals surface area (Å²) in [4.78, 5) is 108. The predicted octanol–water partition coefficient (Wildman–Crippen LogP) is 9.53. The number of aliphatic hydroxyl groups excluding tert-OH is 3. The Morgan fingerprint density at radius 2 is 0.718 bits per heavy atom. The zero-order valence-corrected chi connectivity index (χ0v) is 47.0. The minimum Gasteiger partial charge on any atom is -0.504 e. The van der Waals surface area contributed by atoms with Crippen LogP contribution in [0.3, 0.4) is 0 Å². The van der Waals surface area contributed by atoms with Crippen LogP contribution in [0.5, 0.6) is 0 Å². The largest absolute Gasteiger partial charge is 0.504 e. The summed E-state index contributed by atoms with van der Waals surface area (Å²) >= 11 is 0. The van der Waals surface area contributed by atoms with Crippen LogP contribution in [0.4, 0.5) is 0 Å². The van der Waals surface area contributed by atoms with E-state index in [1.54, 1.807) is 104 Å². The minimum absolute atomic E-state index is 0.0167. The third kappa shape index (κ3) is 11.8. The highest BCUT2D eigenvalue weighted by atomic mass is 32.2. The third-order valence-corrected chi connectivity index (χ3v) is 14.7. The van der Waals surface area contributed by atoms with E-state index in [1.165, 1.54) is 42.2 Å².